The first-order chi connectivity index (χ1) is 4.36. The molecule has 9 heavy (non-hydrogen) atoms. The second-order valence-electron chi connectivity index (χ2n) is 3.23. The lowest BCUT2D eigenvalue weighted by Gasteiger charge is -2.19. The van der Waals surface area contributed by atoms with Crippen molar-refractivity contribution in [2.24, 2.45) is 5.92 Å². The molecule has 2 fully saturated rings. The van der Waals surface area contributed by atoms with Gasteiger partial charge in [0.1, 0.15) is 0 Å². The lowest BCUT2D eigenvalue weighted by molar-refractivity contribution is 0.495. The molecule has 1 unspecified atom stereocenters. The van der Waals surface area contributed by atoms with Gasteiger partial charge in [0.25, 0.3) is 0 Å². The number of hydrogen-bond acceptors (Lipinski definition) is 1. The summed E-state index contributed by atoms with van der Waals surface area (Å²) in [6, 6.07) is 0.834. The molecule has 2 atom stereocenters. The highest BCUT2D eigenvalue weighted by molar-refractivity contribution is 5.10. The Hall–Kier alpha value is -0.300. The van der Waals surface area contributed by atoms with Gasteiger partial charge in [-0.25, -0.2) is 0 Å². The minimum Gasteiger partial charge on any atom is -0.313 e. The van der Waals surface area contributed by atoms with E-state index in [4.69, 9.17) is 0 Å². The van der Waals surface area contributed by atoms with Gasteiger partial charge in [0.05, 0.1) is 0 Å². The van der Waals surface area contributed by atoms with E-state index in [9.17, 15) is 0 Å². The van der Waals surface area contributed by atoms with Gasteiger partial charge in [-0.1, -0.05) is 12.2 Å². The summed E-state index contributed by atoms with van der Waals surface area (Å²) in [7, 11) is 0. The minimum absolute atomic E-state index is 0.823. The highest BCUT2D eigenvalue weighted by Gasteiger charge is 2.29. The Morgan fingerprint density at radius 3 is 3.22 bits per heavy atom. The van der Waals surface area contributed by atoms with Crippen LogP contribution in [0.4, 0.5) is 0 Å². The molecule has 1 saturated carbocycles. The third kappa shape index (κ3) is 0.799. The summed E-state index contributed by atoms with van der Waals surface area (Å²) in [6.07, 6.45) is 3.95. The normalized spacial score (nSPS) is 41.6. The second-order valence-corrected chi connectivity index (χ2v) is 3.23. The van der Waals surface area contributed by atoms with Gasteiger partial charge in [-0.3, -0.25) is 0 Å². The molecule has 1 aliphatic carbocycles. The van der Waals surface area contributed by atoms with Crippen LogP contribution in [0.5, 0.6) is 0 Å². The number of hydrogen-bond donors (Lipinski definition) is 1. The molecule has 1 saturated heterocycles. The highest BCUT2D eigenvalue weighted by atomic mass is 15.0. The molecule has 0 aromatic heterocycles. The van der Waals surface area contributed by atoms with Crippen molar-refractivity contribution in [3.8, 4) is 0 Å². The molecule has 2 rings (SSSR count). The van der Waals surface area contributed by atoms with Gasteiger partial charge >= 0.3 is 0 Å². The zero-order valence-electron chi connectivity index (χ0n) is 5.69. The largest absolute Gasteiger partial charge is 0.313 e. The molecular formula is C8H13N. The highest BCUT2D eigenvalue weighted by Crippen LogP contribution is 2.32. The summed E-state index contributed by atoms with van der Waals surface area (Å²) >= 11 is 0. The molecule has 2 bridgehead atoms. The van der Waals surface area contributed by atoms with Crippen LogP contribution >= 0.6 is 0 Å². The van der Waals surface area contributed by atoms with Crippen molar-refractivity contribution >= 4 is 0 Å². The fraction of sp³-hybridized carbons (Fsp3) is 0.750. The molecule has 1 nitrogen and oxygen atoms in total. The Morgan fingerprint density at radius 1 is 1.56 bits per heavy atom. The quantitative estimate of drug-likeness (QED) is 0.479. The van der Waals surface area contributed by atoms with Crippen LogP contribution in [0.15, 0.2) is 12.2 Å². The Labute approximate surface area is 56.1 Å². The van der Waals surface area contributed by atoms with Crippen LogP contribution in [0.3, 0.4) is 0 Å². The average Bonchev–Trinajstić information content (AvgIpc) is 2.25. The van der Waals surface area contributed by atoms with Crippen molar-refractivity contribution in [3.63, 3.8) is 0 Å². The van der Waals surface area contributed by atoms with E-state index >= 15 is 0 Å². The fourth-order valence-corrected chi connectivity index (χ4v) is 1.91. The first-order valence-electron chi connectivity index (χ1n) is 3.77. The van der Waals surface area contributed by atoms with Crippen molar-refractivity contribution in [1.82, 2.24) is 5.32 Å². The molecule has 0 radical (unpaired) electrons. The van der Waals surface area contributed by atoms with Crippen LogP contribution in [0.25, 0.3) is 0 Å². The van der Waals surface area contributed by atoms with E-state index in [0.717, 1.165) is 12.0 Å². The maximum absolute atomic E-state index is 4.05. The lowest BCUT2D eigenvalue weighted by Crippen LogP contribution is -2.20. The Balaban J connectivity index is 2.14. The zero-order valence-corrected chi connectivity index (χ0v) is 5.69. The zero-order chi connectivity index (χ0) is 6.27. The van der Waals surface area contributed by atoms with Crippen LogP contribution in [-0.2, 0) is 0 Å². The molecule has 0 aromatic rings. The van der Waals surface area contributed by atoms with E-state index < -0.39 is 0 Å². The van der Waals surface area contributed by atoms with Crippen molar-refractivity contribution in [2.75, 3.05) is 6.54 Å². The van der Waals surface area contributed by atoms with Crippen molar-refractivity contribution in [3.05, 3.63) is 12.2 Å². The summed E-state index contributed by atoms with van der Waals surface area (Å²) in [5, 5.41) is 3.49. The maximum atomic E-state index is 4.05. The van der Waals surface area contributed by atoms with E-state index in [1.54, 1.807) is 0 Å². The molecular weight excluding hydrogens is 110 g/mol. The summed E-state index contributed by atoms with van der Waals surface area (Å²) in [4.78, 5) is 0. The van der Waals surface area contributed by atoms with Crippen molar-refractivity contribution in [2.45, 2.75) is 25.3 Å². The fourth-order valence-electron chi connectivity index (χ4n) is 1.91. The van der Waals surface area contributed by atoms with Crippen LogP contribution < -0.4 is 5.32 Å². The predicted octanol–water partition coefficient (Wildman–Crippen LogP) is 1.31. The lowest BCUT2D eigenvalue weighted by atomic mass is 9.87. The van der Waals surface area contributed by atoms with Gasteiger partial charge in [-0.2, -0.15) is 0 Å². The van der Waals surface area contributed by atoms with Gasteiger partial charge in [-0.05, 0) is 25.2 Å². The number of rotatable bonds is 0. The van der Waals surface area contributed by atoms with E-state index in [2.05, 4.69) is 11.9 Å². The molecule has 2 aliphatic rings. The molecule has 1 N–H and O–H groups in total. The van der Waals surface area contributed by atoms with Gasteiger partial charge in [-0.15, -0.1) is 0 Å². The monoisotopic (exact) mass is 123 g/mol. The van der Waals surface area contributed by atoms with E-state index in [0.29, 0.717) is 0 Å². The Bertz CT molecular complexity index is 140. The van der Waals surface area contributed by atoms with Gasteiger partial charge in [0.2, 0.25) is 0 Å². The summed E-state index contributed by atoms with van der Waals surface area (Å²) < 4.78 is 0. The molecule has 1 aliphatic heterocycles. The molecule has 1 heterocycles. The van der Waals surface area contributed by atoms with E-state index in [1.807, 2.05) is 0 Å². The van der Waals surface area contributed by atoms with Gasteiger partial charge in [0, 0.05) is 12.6 Å². The summed E-state index contributed by atoms with van der Waals surface area (Å²) in [5.41, 5.74) is 1.48. The third-order valence-corrected chi connectivity index (χ3v) is 2.61. The first-order valence-corrected chi connectivity index (χ1v) is 3.77. The Morgan fingerprint density at radius 2 is 2.44 bits per heavy atom. The van der Waals surface area contributed by atoms with E-state index in [-0.39, 0.29) is 0 Å². The van der Waals surface area contributed by atoms with E-state index in [1.165, 1.54) is 31.4 Å². The molecule has 0 aromatic carbocycles. The van der Waals surface area contributed by atoms with Crippen LogP contribution in [0.2, 0.25) is 0 Å². The van der Waals surface area contributed by atoms with Crippen molar-refractivity contribution in [1.29, 1.82) is 0 Å². The average molecular weight is 123 g/mol. The molecule has 0 spiro atoms. The van der Waals surface area contributed by atoms with Gasteiger partial charge < -0.3 is 5.32 Å². The molecule has 50 valence electrons. The first kappa shape index (κ1) is 5.48. The minimum atomic E-state index is 0.823. The topological polar surface area (TPSA) is 12.0 Å². The number of fused-ring (bicyclic) bond motifs is 2. The van der Waals surface area contributed by atoms with Crippen molar-refractivity contribution < 1.29 is 0 Å². The van der Waals surface area contributed by atoms with Crippen LogP contribution in [-0.4, -0.2) is 12.6 Å². The predicted molar refractivity (Wildman–Crippen MR) is 38.3 cm³/mol. The molecule has 1 heteroatoms. The third-order valence-electron chi connectivity index (χ3n) is 2.61. The second kappa shape index (κ2) is 1.84. The number of nitrogens with one attached hydrogen (secondary N) is 1. The van der Waals surface area contributed by atoms with Crippen LogP contribution in [0, 0.1) is 5.92 Å². The molecule has 0 amide bonds. The summed E-state index contributed by atoms with van der Waals surface area (Å²) in [5.74, 6) is 0.823. The van der Waals surface area contributed by atoms with Crippen LogP contribution in [0.1, 0.15) is 19.3 Å². The summed E-state index contributed by atoms with van der Waals surface area (Å²) in [6.45, 7) is 5.25. The van der Waals surface area contributed by atoms with Gasteiger partial charge in [0.15, 0.2) is 0 Å². The Kier molecular flexibility index (Phi) is 1.12. The smallest absolute Gasteiger partial charge is 0.00765 e. The maximum Gasteiger partial charge on any atom is 0.00765 e. The standard InChI is InChI=1S/C8H13N/c1-6-2-3-8-4-7(6)5-9-8/h7-9H,1-5H2/t7-,8?/m0/s1. The SMILES string of the molecule is C=C1CCC2C[C@H]1CN2.